The van der Waals surface area contributed by atoms with Crippen LogP contribution in [-0.2, 0) is 0 Å². The molecule has 4 bridgehead atoms. The Balaban J connectivity index is 1.32. The van der Waals surface area contributed by atoms with E-state index in [4.69, 9.17) is 0 Å². The van der Waals surface area contributed by atoms with E-state index in [2.05, 4.69) is 95.6 Å². The van der Waals surface area contributed by atoms with Gasteiger partial charge >= 0.3 is 0 Å². The molecule has 0 saturated heterocycles. The predicted molar refractivity (Wildman–Crippen MR) is 132 cm³/mol. The number of fused-ring (bicyclic) bond motifs is 4. The predicted octanol–water partition coefficient (Wildman–Crippen LogP) is 7.97. The summed E-state index contributed by atoms with van der Waals surface area (Å²) in [5.41, 5.74) is 4.22. The average Bonchev–Trinajstić information content (AvgIpc) is 2.79. The summed E-state index contributed by atoms with van der Waals surface area (Å²) in [5, 5.41) is 0. The molecule has 1 heteroatoms. The van der Waals surface area contributed by atoms with Crippen LogP contribution in [0.15, 0.2) is 60.7 Å². The lowest BCUT2D eigenvalue weighted by Crippen LogP contribution is -2.56. The Bertz CT molecular complexity index is 852. The molecule has 161 valence electrons. The summed E-state index contributed by atoms with van der Waals surface area (Å²) in [7, 11) is 2.90. The first-order valence-electron chi connectivity index (χ1n) is 12.8. The Morgan fingerprint density at radius 1 is 0.581 bits per heavy atom. The summed E-state index contributed by atoms with van der Waals surface area (Å²) in [5.74, 6) is 6.45. The lowest BCUT2D eigenvalue weighted by atomic mass is 9.30. The molecule has 0 aliphatic heterocycles. The molecule has 0 N–H and O–H groups in total. The zero-order chi connectivity index (χ0) is 21.4. The Labute approximate surface area is 190 Å². The molecule has 6 aliphatic rings. The van der Waals surface area contributed by atoms with Crippen molar-refractivity contribution < 1.29 is 0 Å². The van der Waals surface area contributed by atoms with Crippen LogP contribution in [0.5, 0.6) is 0 Å². The molecule has 2 aromatic carbocycles. The lowest BCUT2D eigenvalue weighted by molar-refractivity contribution is -0.0870. The third-order valence-corrected chi connectivity index (χ3v) is 10.9. The maximum absolute atomic E-state index is 2.90. The molecule has 2 aromatic rings. The molecule has 1 radical (unpaired) electrons. The Hall–Kier alpha value is -1.50. The van der Waals surface area contributed by atoms with E-state index >= 15 is 0 Å². The second kappa shape index (κ2) is 7.00. The molecule has 0 nitrogen and oxygen atoms in total. The van der Waals surface area contributed by atoms with Gasteiger partial charge in [0, 0.05) is 0 Å². The zero-order valence-electron chi connectivity index (χ0n) is 19.8. The highest BCUT2D eigenvalue weighted by Gasteiger charge is 2.61. The number of hydrogen-bond acceptors (Lipinski definition) is 0. The van der Waals surface area contributed by atoms with E-state index in [9.17, 15) is 0 Å². The summed E-state index contributed by atoms with van der Waals surface area (Å²) < 4.78 is 0. The van der Waals surface area contributed by atoms with Crippen LogP contribution in [0.25, 0.3) is 0 Å². The van der Waals surface area contributed by atoms with E-state index in [0.717, 1.165) is 35.3 Å². The van der Waals surface area contributed by atoms with Crippen LogP contribution < -0.4 is 0 Å². The molecule has 6 aliphatic carbocycles. The maximum atomic E-state index is 2.90. The van der Waals surface area contributed by atoms with E-state index in [1.165, 1.54) is 25.7 Å². The van der Waals surface area contributed by atoms with Gasteiger partial charge in [-0.15, -0.1) is 0 Å². The SMILES string of the molecule is CC1(C)[C@H]2C[C@H]([B][C@H]3C[C@H]4C[C@@H]([C@@H]3c3ccccc3)C4(C)C)[C@@H](c3ccccc3)[C@@H]1C2. The molecule has 0 aromatic heterocycles. The largest absolute Gasteiger partial charge is 0.119 e. The summed E-state index contributed by atoms with van der Waals surface area (Å²) in [6.45, 7) is 10.2. The van der Waals surface area contributed by atoms with Gasteiger partial charge in [-0.3, -0.25) is 0 Å². The van der Waals surface area contributed by atoms with E-state index < -0.39 is 0 Å². The molecule has 0 spiro atoms. The minimum atomic E-state index is 0.514. The fourth-order valence-corrected chi connectivity index (χ4v) is 8.70. The van der Waals surface area contributed by atoms with Crippen molar-refractivity contribution in [2.24, 2.45) is 34.5 Å². The summed E-state index contributed by atoms with van der Waals surface area (Å²) in [6.07, 6.45) is 5.70. The van der Waals surface area contributed by atoms with Gasteiger partial charge in [0.25, 0.3) is 0 Å². The van der Waals surface area contributed by atoms with Gasteiger partial charge in [0.2, 0.25) is 0 Å². The Morgan fingerprint density at radius 2 is 0.968 bits per heavy atom. The molecule has 8 rings (SSSR count). The normalized spacial score (nSPS) is 41.5. The van der Waals surface area contributed by atoms with Crippen LogP contribution in [0.4, 0.5) is 0 Å². The molecule has 0 heterocycles. The second-order valence-corrected chi connectivity index (χ2v) is 12.6. The third-order valence-electron chi connectivity index (χ3n) is 10.9. The molecule has 8 atom stereocenters. The van der Waals surface area contributed by atoms with Crippen LogP contribution in [-0.4, -0.2) is 7.28 Å². The molecule has 0 amide bonds. The van der Waals surface area contributed by atoms with Crippen molar-refractivity contribution in [3.05, 3.63) is 71.8 Å². The monoisotopic (exact) mass is 409 g/mol. The lowest BCUT2D eigenvalue weighted by Gasteiger charge is -2.65. The molecule has 0 unspecified atom stereocenters. The second-order valence-electron chi connectivity index (χ2n) is 12.6. The quantitative estimate of drug-likeness (QED) is 0.449. The highest BCUT2D eigenvalue weighted by atomic mass is 14.6. The third kappa shape index (κ3) is 2.94. The van der Waals surface area contributed by atoms with Crippen LogP contribution in [0.1, 0.15) is 76.3 Å². The van der Waals surface area contributed by atoms with Gasteiger partial charge in [-0.25, -0.2) is 0 Å². The van der Waals surface area contributed by atoms with E-state index in [0.29, 0.717) is 22.7 Å². The smallest absolute Gasteiger partial charge is 0.0622 e. The Morgan fingerprint density at radius 3 is 1.32 bits per heavy atom. The van der Waals surface area contributed by atoms with Crippen molar-refractivity contribution in [2.45, 2.75) is 76.8 Å². The maximum Gasteiger partial charge on any atom is 0.119 e. The van der Waals surface area contributed by atoms with Crippen LogP contribution in [0.3, 0.4) is 0 Å². The summed E-state index contributed by atoms with van der Waals surface area (Å²) in [4.78, 5) is 0. The Kier molecular flexibility index (Phi) is 4.55. The van der Waals surface area contributed by atoms with Crippen molar-refractivity contribution in [1.82, 2.24) is 0 Å². The van der Waals surface area contributed by atoms with Crippen molar-refractivity contribution in [3.8, 4) is 0 Å². The van der Waals surface area contributed by atoms with Crippen LogP contribution in [0.2, 0.25) is 11.6 Å². The van der Waals surface area contributed by atoms with Gasteiger partial charge in [-0.1, -0.05) is 113 Å². The minimum Gasteiger partial charge on any atom is -0.0622 e. The molecular formula is C30H38B. The van der Waals surface area contributed by atoms with Gasteiger partial charge in [0.15, 0.2) is 0 Å². The van der Waals surface area contributed by atoms with Crippen molar-refractivity contribution in [2.75, 3.05) is 0 Å². The average molecular weight is 409 g/mol. The number of rotatable bonds is 4. The van der Waals surface area contributed by atoms with Gasteiger partial charge < -0.3 is 0 Å². The first-order chi connectivity index (χ1) is 14.9. The van der Waals surface area contributed by atoms with Crippen LogP contribution in [0, 0.1) is 34.5 Å². The van der Waals surface area contributed by atoms with Gasteiger partial charge in [0.05, 0.1) is 0 Å². The fraction of sp³-hybridized carbons (Fsp3) is 0.600. The van der Waals surface area contributed by atoms with Crippen LogP contribution >= 0.6 is 0 Å². The topological polar surface area (TPSA) is 0 Å². The van der Waals surface area contributed by atoms with Crippen molar-refractivity contribution in [3.63, 3.8) is 0 Å². The molecule has 31 heavy (non-hydrogen) atoms. The van der Waals surface area contributed by atoms with E-state index in [-0.39, 0.29) is 0 Å². The minimum absolute atomic E-state index is 0.514. The van der Waals surface area contributed by atoms with Crippen molar-refractivity contribution in [1.29, 1.82) is 0 Å². The fourth-order valence-electron chi connectivity index (χ4n) is 8.70. The zero-order valence-corrected chi connectivity index (χ0v) is 19.8. The van der Waals surface area contributed by atoms with Gasteiger partial charge in [-0.05, 0) is 70.3 Å². The highest BCUT2D eigenvalue weighted by molar-refractivity contribution is 6.40. The molecule has 6 fully saturated rings. The van der Waals surface area contributed by atoms with Crippen molar-refractivity contribution >= 4 is 7.28 Å². The first kappa shape index (κ1) is 20.1. The van der Waals surface area contributed by atoms with Gasteiger partial charge in [0.1, 0.15) is 7.28 Å². The first-order valence-corrected chi connectivity index (χ1v) is 12.8. The standard InChI is InChI=1S/C30H38B/c1-29(2)21-15-23(29)27(19-11-7-5-8-12-19)25(17-21)31-26-18-22-16-24(30(22,3)4)28(26)20-13-9-6-10-14-20/h5-14,21-28H,15-18H2,1-4H3/t21-,22-,23+,24+,25+,26+,27+,28+/m1/s1. The molecule has 6 saturated carbocycles. The molecular weight excluding hydrogens is 371 g/mol. The van der Waals surface area contributed by atoms with Gasteiger partial charge in [-0.2, -0.15) is 0 Å². The highest BCUT2D eigenvalue weighted by Crippen LogP contribution is 2.71. The number of benzene rings is 2. The number of hydrogen-bond donors (Lipinski definition) is 0. The van der Waals surface area contributed by atoms with E-state index in [1.807, 2.05) is 0 Å². The summed E-state index contributed by atoms with van der Waals surface area (Å²) in [6, 6.07) is 23.1. The summed E-state index contributed by atoms with van der Waals surface area (Å²) >= 11 is 0. The van der Waals surface area contributed by atoms with E-state index in [1.54, 1.807) is 11.1 Å².